The molecule has 0 radical (unpaired) electrons. The highest BCUT2D eigenvalue weighted by Gasteiger charge is 2.18. The van der Waals surface area contributed by atoms with Crippen LogP contribution in [0.4, 0.5) is 0 Å². The van der Waals surface area contributed by atoms with E-state index in [1.54, 1.807) is 18.0 Å². The molecule has 1 rings (SSSR count). The average molecular weight is 194 g/mol. The van der Waals surface area contributed by atoms with E-state index in [9.17, 15) is 4.79 Å². The number of piperazine rings is 1. The van der Waals surface area contributed by atoms with Crippen molar-refractivity contribution in [1.29, 1.82) is 5.26 Å². The lowest BCUT2D eigenvalue weighted by Crippen LogP contribution is -2.49. The molecule has 5 nitrogen and oxygen atoms in total. The molecule has 0 aromatic carbocycles. The molecule has 76 valence electrons. The molecule has 5 heteroatoms. The first kappa shape index (κ1) is 10.5. The van der Waals surface area contributed by atoms with Gasteiger partial charge in [0.05, 0.1) is 0 Å². The Morgan fingerprint density at radius 2 is 1.71 bits per heavy atom. The predicted octanol–water partition coefficient (Wildman–Crippen LogP) is 0.0500. The molecule has 14 heavy (non-hydrogen) atoms. The fraction of sp³-hybridized carbons (Fsp3) is 0.667. The van der Waals surface area contributed by atoms with E-state index < -0.39 is 0 Å². The van der Waals surface area contributed by atoms with Crippen molar-refractivity contribution in [3.63, 3.8) is 0 Å². The zero-order valence-electron chi connectivity index (χ0n) is 8.53. The van der Waals surface area contributed by atoms with Gasteiger partial charge in [-0.1, -0.05) is 0 Å². The van der Waals surface area contributed by atoms with Gasteiger partial charge in [0.25, 0.3) is 0 Å². The maximum Gasteiger partial charge on any atom is 0.219 e. The number of hydrogen-bond acceptors (Lipinski definition) is 3. The molecule has 0 aromatic heterocycles. The van der Waals surface area contributed by atoms with Gasteiger partial charge in [0, 0.05) is 33.1 Å². The lowest BCUT2D eigenvalue weighted by atomic mass is 10.3. The molecule has 1 saturated heterocycles. The quantitative estimate of drug-likeness (QED) is 0.311. The van der Waals surface area contributed by atoms with Gasteiger partial charge in [-0.3, -0.25) is 4.79 Å². The molecule has 0 aromatic rings. The van der Waals surface area contributed by atoms with Crippen LogP contribution in [-0.4, -0.2) is 47.7 Å². The van der Waals surface area contributed by atoms with Gasteiger partial charge in [-0.2, -0.15) is 10.3 Å². The SMILES string of the molecule is CC(=O)N1CCN(/C(C)=N/C#N)CC1. The maximum atomic E-state index is 11.0. The molecule has 1 heterocycles. The zero-order chi connectivity index (χ0) is 10.6. The number of rotatable bonds is 0. The van der Waals surface area contributed by atoms with Crippen molar-refractivity contribution >= 4 is 11.7 Å². The van der Waals surface area contributed by atoms with E-state index in [0.29, 0.717) is 13.1 Å². The zero-order valence-corrected chi connectivity index (χ0v) is 8.53. The molecule has 0 bridgehead atoms. The third-order valence-electron chi connectivity index (χ3n) is 2.39. The highest BCUT2D eigenvalue weighted by atomic mass is 16.2. The van der Waals surface area contributed by atoms with Crippen molar-refractivity contribution < 1.29 is 4.79 Å². The Morgan fingerprint density at radius 3 is 2.14 bits per heavy atom. The van der Waals surface area contributed by atoms with Gasteiger partial charge in [-0.05, 0) is 6.92 Å². The summed E-state index contributed by atoms with van der Waals surface area (Å²) in [7, 11) is 0. The van der Waals surface area contributed by atoms with Crippen molar-refractivity contribution in [2.24, 2.45) is 4.99 Å². The number of amidine groups is 1. The summed E-state index contributed by atoms with van der Waals surface area (Å²) in [5, 5.41) is 8.38. The summed E-state index contributed by atoms with van der Waals surface area (Å²) in [5.41, 5.74) is 0. The molecular weight excluding hydrogens is 180 g/mol. The molecule has 0 N–H and O–H groups in total. The second-order valence-electron chi connectivity index (χ2n) is 3.25. The Hall–Kier alpha value is -1.57. The summed E-state index contributed by atoms with van der Waals surface area (Å²) in [5.74, 6) is 0.843. The minimum Gasteiger partial charge on any atom is -0.356 e. The molecule has 0 saturated carbocycles. The largest absolute Gasteiger partial charge is 0.356 e. The van der Waals surface area contributed by atoms with Gasteiger partial charge in [0.2, 0.25) is 12.1 Å². The van der Waals surface area contributed by atoms with Crippen molar-refractivity contribution in [3.05, 3.63) is 0 Å². The van der Waals surface area contributed by atoms with Crippen molar-refractivity contribution in [2.45, 2.75) is 13.8 Å². The smallest absolute Gasteiger partial charge is 0.219 e. The van der Waals surface area contributed by atoms with Crippen LogP contribution in [0.15, 0.2) is 4.99 Å². The number of amides is 1. The monoisotopic (exact) mass is 194 g/mol. The molecule has 0 spiro atoms. The number of nitrogens with zero attached hydrogens (tertiary/aromatic N) is 4. The Labute approximate surface area is 83.6 Å². The summed E-state index contributed by atoms with van der Waals surface area (Å²) in [4.78, 5) is 18.5. The van der Waals surface area contributed by atoms with Crippen molar-refractivity contribution in [1.82, 2.24) is 9.80 Å². The van der Waals surface area contributed by atoms with Crippen molar-refractivity contribution in [2.75, 3.05) is 26.2 Å². The molecular formula is C9H14N4O. The lowest BCUT2D eigenvalue weighted by molar-refractivity contribution is -0.130. The average Bonchev–Trinajstić information content (AvgIpc) is 2.18. The van der Waals surface area contributed by atoms with Crippen LogP contribution in [0.25, 0.3) is 0 Å². The number of hydrogen-bond donors (Lipinski definition) is 0. The van der Waals surface area contributed by atoms with Crippen LogP contribution in [0.5, 0.6) is 0 Å². The lowest BCUT2D eigenvalue weighted by Gasteiger charge is -2.34. The van der Waals surface area contributed by atoms with Gasteiger partial charge in [0.15, 0.2) is 0 Å². The fourth-order valence-corrected chi connectivity index (χ4v) is 1.49. The van der Waals surface area contributed by atoms with E-state index in [2.05, 4.69) is 4.99 Å². The van der Waals surface area contributed by atoms with Gasteiger partial charge in [0.1, 0.15) is 5.84 Å². The van der Waals surface area contributed by atoms with E-state index in [-0.39, 0.29) is 5.91 Å². The Morgan fingerprint density at radius 1 is 1.21 bits per heavy atom. The molecule has 1 aliphatic heterocycles. The minimum atomic E-state index is 0.111. The molecule has 0 aliphatic carbocycles. The summed E-state index contributed by atoms with van der Waals surface area (Å²) in [6, 6.07) is 0. The van der Waals surface area contributed by atoms with Crippen LogP contribution in [0.1, 0.15) is 13.8 Å². The Balaban J connectivity index is 2.48. The van der Waals surface area contributed by atoms with E-state index in [0.717, 1.165) is 18.9 Å². The first-order valence-corrected chi connectivity index (χ1v) is 4.59. The third-order valence-corrected chi connectivity index (χ3v) is 2.39. The molecule has 1 aliphatic rings. The predicted molar refractivity (Wildman–Crippen MR) is 52.5 cm³/mol. The number of carbonyl (C=O) groups excluding carboxylic acids is 1. The summed E-state index contributed by atoms with van der Waals surface area (Å²) in [6.45, 7) is 6.34. The molecule has 1 amide bonds. The van der Waals surface area contributed by atoms with Crippen LogP contribution < -0.4 is 0 Å². The van der Waals surface area contributed by atoms with Crippen LogP contribution in [0, 0.1) is 11.5 Å². The fourth-order valence-electron chi connectivity index (χ4n) is 1.49. The summed E-state index contributed by atoms with van der Waals surface area (Å²) >= 11 is 0. The van der Waals surface area contributed by atoms with Gasteiger partial charge >= 0.3 is 0 Å². The second kappa shape index (κ2) is 4.61. The first-order chi connectivity index (χ1) is 6.65. The Kier molecular flexibility index (Phi) is 3.46. The normalized spacial score (nSPS) is 17.9. The standard InChI is InChI=1S/C9H14N4O/c1-8(11-7-10)12-3-5-13(6-4-12)9(2)14/h3-6H2,1-2H3/b11-8+. The highest BCUT2D eigenvalue weighted by Crippen LogP contribution is 2.02. The van der Waals surface area contributed by atoms with E-state index in [1.165, 1.54) is 0 Å². The summed E-state index contributed by atoms with van der Waals surface area (Å²) < 4.78 is 0. The van der Waals surface area contributed by atoms with Gasteiger partial charge in [-0.25, -0.2) is 0 Å². The minimum absolute atomic E-state index is 0.111. The molecule has 1 fully saturated rings. The second-order valence-corrected chi connectivity index (χ2v) is 3.25. The number of nitriles is 1. The van der Waals surface area contributed by atoms with Gasteiger partial charge < -0.3 is 9.80 Å². The third kappa shape index (κ3) is 2.46. The Bertz CT molecular complexity index is 284. The van der Waals surface area contributed by atoms with E-state index in [4.69, 9.17) is 5.26 Å². The van der Waals surface area contributed by atoms with Crippen LogP contribution in [-0.2, 0) is 4.79 Å². The topological polar surface area (TPSA) is 59.7 Å². The van der Waals surface area contributed by atoms with E-state index >= 15 is 0 Å². The van der Waals surface area contributed by atoms with Crippen LogP contribution in [0.2, 0.25) is 0 Å². The molecule has 0 atom stereocenters. The van der Waals surface area contributed by atoms with E-state index in [1.807, 2.05) is 11.8 Å². The van der Waals surface area contributed by atoms with Crippen molar-refractivity contribution in [3.8, 4) is 6.19 Å². The number of aliphatic imine (C=N–C) groups is 1. The van der Waals surface area contributed by atoms with Crippen LogP contribution in [0.3, 0.4) is 0 Å². The first-order valence-electron chi connectivity index (χ1n) is 4.59. The van der Waals surface area contributed by atoms with Gasteiger partial charge in [-0.15, -0.1) is 0 Å². The maximum absolute atomic E-state index is 11.0. The highest BCUT2D eigenvalue weighted by molar-refractivity contribution is 5.81. The molecule has 0 unspecified atom stereocenters. The number of carbonyl (C=O) groups is 1. The van der Waals surface area contributed by atoms with Crippen LogP contribution >= 0.6 is 0 Å². The summed E-state index contributed by atoms with van der Waals surface area (Å²) in [6.07, 6.45) is 1.76.